The highest BCUT2D eigenvalue weighted by atomic mass is 35.5. The summed E-state index contributed by atoms with van der Waals surface area (Å²) < 4.78 is 0. The second kappa shape index (κ2) is 4.81. The molecule has 0 saturated heterocycles. The Balaban J connectivity index is 2.13. The summed E-state index contributed by atoms with van der Waals surface area (Å²) in [5.74, 6) is 0. The first kappa shape index (κ1) is 13.0. The van der Waals surface area contributed by atoms with Gasteiger partial charge < -0.3 is 15.1 Å². The smallest absolute Gasteiger partial charge is 0.323 e. The van der Waals surface area contributed by atoms with Crippen LogP contribution in [-0.2, 0) is 0 Å². The lowest BCUT2D eigenvalue weighted by Gasteiger charge is -2.14. The first-order valence-electron chi connectivity index (χ1n) is 6.20. The van der Waals surface area contributed by atoms with Crippen LogP contribution in [0.4, 0.5) is 0 Å². The molecule has 0 amide bonds. The molecule has 3 N–H and O–H groups in total. The molecule has 1 unspecified atom stereocenters. The standard InChI is InChI=1S/C15H13ClN2O2/c1-8-3-2-4-9(5-8)14(19)10-6-12-13(7-11(10)16)18-15(20)17-12/h2-7,14,19H,1H3,(H2,17,18,20). The number of imidazole rings is 1. The number of aromatic amines is 2. The minimum Gasteiger partial charge on any atom is -0.384 e. The zero-order chi connectivity index (χ0) is 14.3. The number of aliphatic hydroxyl groups is 1. The lowest BCUT2D eigenvalue weighted by molar-refractivity contribution is 0.220. The van der Waals surface area contributed by atoms with Crippen molar-refractivity contribution < 1.29 is 5.11 Å². The molecule has 3 rings (SSSR count). The number of H-pyrrole nitrogens is 2. The summed E-state index contributed by atoms with van der Waals surface area (Å²) in [5.41, 5.74) is 3.36. The van der Waals surface area contributed by atoms with Gasteiger partial charge in [-0.25, -0.2) is 4.79 Å². The third-order valence-electron chi connectivity index (χ3n) is 3.29. The van der Waals surface area contributed by atoms with Crippen LogP contribution >= 0.6 is 11.6 Å². The van der Waals surface area contributed by atoms with Crippen molar-refractivity contribution in [1.29, 1.82) is 0 Å². The van der Waals surface area contributed by atoms with Gasteiger partial charge in [0.15, 0.2) is 0 Å². The van der Waals surface area contributed by atoms with Crippen molar-refractivity contribution in [3.8, 4) is 0 Å². The number of hydrogen-bond donors (Lipinski definition) is 3. The molecule has 0 aliphatic rings. The van der Waals surface area contributed by atoms with E-state index in [9.17, 15) is 9.90 Å². The Labute approximate surface area is 120 Å². The van der Waals surface area contributed by atoms with Gasteiger partial charge in [-0.15, -0.1) is 0 Å². The fraction of sp³-hybridized carbons (Fsp3) is 0.133. The number of nitrogens with one attached hydrogen (secondary N) is 2. The molecule has 4 nitrogen and oxygen atoms in total. The van der Waals surface area contributed by atoms with Crippen LogP contribution < -0.4 is 5.69 Å². The summed E-state index contributed by atoms with van der Waals surface area (Å²) in [7, 11) is 0. The van der Waals surface area contributed by atoms with Gasteiger partial charge in [0.05, 0.1) is 11.0 Å². The third kappa shape index (κ3) is 2.24. The zero-order valence-electron chi connectivity index (χ0n) is 10.8. The molecule has 0 saturated carbocycles. The molecule has 2 aromatic carbocycles. The number of fused-ring (bicyclic) bond motifs is 1. The maximum atomic E-state index is 11.3. The molecule has 1 aromatic heterocycles. The Morgan fingerprint density at radius 1 is 1.15 bits per heavy atom. The minimum absolute atomic E-state index is 0.293. The Hall–Kier alpha value is -2.04. The number of hydrogen-bond acceptors (Lipinski definition) is 2. The maximum Gasteiger partial charge on any atom is 0.323 e. The summed E-state index contributed by atoms with van der Waals surface area (Å²) in [5, 5.41) is 10.9. The van der Waals surface area contributed by atoms with E-state index in [2.05, 4.69) is 9.97 Å². The minimum atomic E-state index is -0.829. The molecule has 102 valence electrons. The molecule has 5 heteroatoms. The fourth-order valence-corrected chi connectivity index (χ4v) is 2.57. The Kier molecular flexibility index (Phi) is 3.12. The highest BCUT2D eigenvalue weighted by Gasteiger charge is 2.16. The molecule has 0 aliphatic carbocycles. The summed E-state index contributed by atoms with van der Waals surface area (Å²) in [4.78, 5) is 16.6. The van der Waals surface area contributed by atoms with Gasteiger partial charge in [0.25, 0.3) is 0 Å². The van der Waals surface area contributed by atoms with E-state index in [-0.39, 0.29) is 5.69 Å². The van der Waals surface area contributed by atoms with E-state index < -0.39 is 6.10 Å². The lowest BCUT2D eigenvalue weighted by atomic mass is 9.99. The van der Waals surface area contributed by atoms with Crippen LogP contribution in [0, 0.1) is 6.92 Å². The van der Waals surface area contributed by atoms with E-state index in [1.54, 1.807) is 12.1 Å². The number of aromatic nitrogens is 2. The van der Waals surface area contributed by atoms with Crippen LogP contribution in [0.25, 0.3) is 11.0 Å². The van der Waals surface area contributed by atoms with E-state index in [0.29, 0.717) is 21.6 Å². The Morgan fingerprint density at radius 2 is 1.85 bits per heavy atom. The van der Waals surface area contributed by atoms with Crippen molar-refractivity contribution in [3.63, 3.8) is 0 Å². The summed E-state index contributed by atoms with van der Waals surface area (Å²) in [6, 6.07) is 10.9. The predicted molar refractivity (Wildman–Crippen MR) is 79.2 cm³/mol. The molecular weight excluding hydrogens is 276 g/mol. The monoisotopic (exact) mass is 288 g/mol. The van der Waals surface area contributed by atoms with Gasteiger partial charge in [-0.3, -0.25) is 0 Å². The largest absolute Gasteiger partial charge is 0.384 e. The summed E-state index contributed by atoms with van der Waals surface area (Å²) in [6.45, 7) is 1.96. The van der Waals surface area contributed by atoms with E-state index in [0.717, 1.165) is 11.1 Å². The second-order valence-corrected chi connectivity index (χ2v) is 5.22. The highest BCUT2D eigenvalue weighted by molar-refractivity contribution is 6.32. The molecule has 1 atom stereocenters. The number of aryl methyl sites for hydroxylation is 1. The van der Waals surface area contributed by atoms with Gasteiger partial charge in [-0.05, 0) is 24.6 Å². The number of benzene rings is 2. The Morgan fingerprint density at radius 3 is 2.55 bits per heavy atom. The normalized spacial score (nSPS) is 12.8. The number of rotatable bonds is 2. The van der Waals surface area contributed by atoms with E-state index >= 15 is 0 Å². The highest BCUT2D eigenvalue weighted by Crippen LogP contribution is 2.31. The first-order chi connectivity index (χ1) is 9.54. The zero-order valence-corrected chi connectivity index (χ0v) is 11.5. The van der Waals surface area contributed by atoms with Gasteiger partial charge in [-0.2, -0.15) is 0 Å². The fourth-order valence-electron chi connectivity index (χ4n) is 2.30. The van der Waals surface area contributed by atoms with Crippen LogP contribution in [0.5, 0.6) is 0 Å². The van der Waals surface area contributed by atoms with Crippen LogP contribution in [0.3, 0.4) is 0 Å². The number of aliphatic hydroxyl groups excluding tert-OH is 1. The van der Waals surface area contributed by atoms with Gasteiger partial charge in [0, 0.05) is 10.6 Å². The van der Waals surface area contributed by atoms with Crippen LogP contribution in [-0.4, -0.2) is 15.1 Å². The maximum absolute atomic E-state index is 11.3. The quantitative estimate of drug-likeness (QED) is 0.679. The van der Waals surface area contributed by atoms with E-state index in [1.165, 1.54) is 0 Å². The molecule has 0 radical (unpaired) electrons. The molecule has 0 spiro atoms. The van der Waals surface area contributed by atoms with Gasteiger partial charge in [0.1, 0.15) is 6.10 Å². The SMILES string of the molecule is Cc1cccc(C(O)c2cc3[nH]c(=O)[nH]c3cc2Cl)c1. The molecule has 0 fully saturated rings. The van der Waals surface area contributed by atoms with Crippen LogP contribution in [0.15, 0.2) is 41.2 Å². The van der Waals surface area contributed by atoms with Crippen molar-refractivity contribution in [2.75, 3.05) is 0 Å². The van der Waals surface area contributed by atoms with Gasteiger partial charge in [0.2, 0.25) is 0 Å². The van der Waals surface area contributed by atoms with Crippen LogP contribution in [0.1, 0.15) is 22.8 Å². The lowest BCUT2D eigenvalue weighted by Crippen LogP contribution is -2.01. The second-order valence-electron chi connectivity index (χ2n) is 4.82. The number of halogens is 1. The van der Waals surface area contributed by atoms with Crippen LogP contribution in [0.2, 0.25) is 5.02 Å². The molecule has 1 heterocycles. The topological polar surface area (TPSA) is 68.9 Å². The van der Waals surface area contributed by atoms with E-state index in [4.69, 9.17) is 11.6 Å². The summed E-state index contributed by atoms with van der Waals surface area (Å²) >= 11 is 6.20. The predicted octanol–water partition coefficient (Wildman–Crippen LogP) is 2.90. The molecular formula is C15H13ClN2O2. The Bertz CT molecular complexity index is 835. The van der Waals surface area contributed by atoms with Crippen molar-refractivity contribution >= 4 is 22.6 Å². The van der Waals surface area contributed by atoms with E-state index in [1.807, 2.05) is 31.2 Å². The van der Waals surface area contributed by atoms with Gasteiger partial charge in [-0.1, -0.05) is 41.4 Å². The van der Waals surface area contributed by atoms with Crippen molar-refractivity contribution in [1.82, 2.24) is 9.97 Å². The first-order valence-corrected chi connectivity index (χ1v) is 6.58. The molecule has 3 aromatic rings. The average molecular weight is 289 g/mol. The summed E-state index contributed by atoms with van der Waals surface area (Å²) in [6.07, 6.45) is -0.829. The molecule has 20 heavy (non-hydrogen) atoms. The van der Waals surface area contributed by atoms with Gasteiger partial charge >= 0.3 is 5.69 Å². The van der Waals surface area contributed by atoms with Crippen molar-refractivity contribution in [3.05, 3.63) is 68.6 Å². The van der Waals surface area contributed by atoms with Crippen molar-refractivity contribution in [2.24, 2.45) is 0 Å². The van der Waals surface area contributed by atoms with Crippen molar-refractivity contribution in [2.45, 2.75) is 13.0 Å². The average Bonchev–Trinajstić information content (AvgIpc) is 2.76. The third-order valence-corrected chi connectivity index (χ3v) is 3.61. The molecule has 0 bridgehead atoms. The molecule has 0 aliphatic heterocycles.